The highest BCUT2D eigenvalue weighted by Gasteiger charge is 2.16. The molecular formula is C23H18BrClN2O3. The molecule has 3 aromatic carbocycles. The molecule has 0 aliphatic carbocycles. The van der Waals surface area contributed by atoms with E-state index in [0.717, 1.165) is 15.6 Å². The van der Waals surface area contributed by atoms with Gasteiger partial charge in [0, 0.05) is 21.6 Å². The Morgan fingerprint density at radius 3 is 2.67 bits per heavy atom. The number of carbonyl (C=O) groups excluding carboxylic acids is 1. The molecule has 1 amide bonds. The third-order valence-corrected chi connectivity index (χ3v) is 5.36. The van der Waals surface area contributed by atoms with E-state index >= 15 is 0 Å². The van der Waals surface area contributed by atoms with Gasteiger partial charge in [0.05, 0.1) is 12.7 Å². The Labute approximate surface area is 187 Å². The lowest BCUT2D eigenvalue weighted by molar-refractivity contribution is 0.102. The van der Waals surface area contributed by atoms with Gasteiger partial charge in [-0.25, -0.2) is 4.98 Å². The first-order chi connectivity index (χ1) is 14.4. The van der Waals surface area contributed by atoms with E-state index in [2.05, 4.69) is 26.2 Å². The Hall–Kier alpha value is -2.83. The largest absolute Gasteiger partial charge is 0.496 e. The SMILES string of the molecule is COc1c(C)cc(Br)cc1C(=O)Nc1ccc2oc(Cc3ccc(Cl)cc3)nc2c1. The van der Waals surface area contributed by atoms with Gasteiger partial charge in [-0.05, 0) is 60.5 Å². The Balaban J connectivity index is 1.57. The van der Waals surface area contributed by atoms with Crippen LogP contribution in [0.25, 0.3) is 11.1 Å². The minimum Gasteiger partial charge on any atom is -0.496 e. The predicted octanol–water partition coefficient (Wildman–Crippen LogP) is 6.40. The van der Waals surface area contributed by atoms with Crippen molar-refractivity contribution < 1.29 is 13.9 Å². The molecule has 5 nitrogen and oxygen atoms in total. The van der Waals surface area contributed by atoms with Crippen LogP contribution in [0.4, 0.5) is 5.69 Å². The van der Waals surface area contributed by atoms with Crippen LogP contribution in [0.1, 0.15) is 27.4 Å². The molecule has 1 heterocycles. The minimum absolute atomic E-state index is 0.263. The standard InChI is InChI=1S/C23H18BrClN2O3/c1-13-9-15(24)11-18(22(13)29-2)23(28)26-17-7-8-20-19(12-17)27-21(30-20)10-14-3-5-16(25)6-4-14/h3-9,11-12H,10H2,1-2H3,(H,26,28). The van der Waals surface area contributed by atoms with Crippen molar-refractivity contribution in [3.63, 3.8) is 0 Å². The predicted molar refractivity (Wildman–Crippen MR) is 122 cm³/mol. The summed E-state index contributed by atoms with van der Waals surface area (Å²) in [4.78, 5) is 17.4. The zero-order chi connectivity index (χ0) is 21.3. The number of aromatic nitrogens is 1. The molecule has 0 atom stereocenters. The number of fused-ring (bicyclic) bond motifs is 1. The van der Waals surface area contributed by atoms with E-state index < -0.39 is 0 Å². The number of ether oxygens (including phenoxy) is 1. The molecule has 0 radical (unpaired) electrons. The molecule has 0 aliphatic heterocycles. The molecule has 0 fully saturated rings. The molecule has 30 heavy (non-hydrogen) atoms. The Kier molecular flexibility index (Phi) is 5.79. The summed E-state index contributed by atoms with van der Waals surface area (Å²) < 4.78 is 12.1. The van der Waals surface area contributed by atoms with Gasteiger partial charge in [0.15, 0.2) is 11.5 Å². The molecule has 4 rings (SSSR count). The number of nitrogens with zero attached hydrogens (tertiary/aromatic N) is 1. The van der Waals surface area contributed by atoms with Crippen LogP contribution in [-0.4, -0.2) is 18.0 Å². The first-order valence-electron chi connectivity index (χ1n) is 9.22. The van der Waals surface area contributed by atoms with E-state index in [1.807, 2.05) is 37.3 Å². The molecule has 1 aromatic heterocycles. The fourth-order valence-electron chi connectivity index (χ4n) is 3.27. The summed E-state index contributed by atoms with van der Waals surface area (Å²) >= 11 is 9.37. The summed E-state index contributed by atoms with van der Waals surface area (Å²) in [6.45, 7) is 1.89. The molecule has 1 N–H and O–H groups in total. The average Bonchev–Trinajstić information content (AvgIpc) is 3.10. The maximum atomic E-state index is 12.8. The van der Waals surface area contributed by atoms with Crippen molar-refractivity contribution in [1.82, 2.24) is 4.98 Å². The van der Waals surface area contributed by atoms with Gasteiger partial charge in [-0.15, -0.1) is 0 Å². The van der Waals surface area contributed by atoms with Crippen LogP contribution < -0.4 is 10.1 Å². The van der Waals surface area contributed by atoms with Crippen LogP contribution in [-0.2, 0) is 6.42 Å². The van der Waals surface area contributed by atoms with E-state index in [9.17, 15) is 4.79 Å². The van der Waals surface area contributed by atoms with Crippen LogP contribution in [0.3, 0.4) is 0 Å². The summed E-state index contributed by atoms with van der Waals surface area (Å²) in [7, 11) is 1.55. The summed E-state index contributed by atoms with van der Waals surface area (Å²) in [5, 5.41) is 3.60. The molecule has 0 spiro atoms. The first kappa shape index (κ1) is 20.4. The maximum absolute atomic E-state index is 12.8. The van der Waals surface area contributed by atoms with Gasteiger partial charge in [0.25, 0.3) is 5.91 Å². The molecule has 0 aliphatic rings. The number of methoxy groups -OCH3 is 1. The number of hydrogen-bond acceptors (Lipinski definition) is 4. The summed E-state index contributed by atoms with van der Waals surface area (Å²) in [5.41, 5.74) is 4.33. The Morgan fingerprint density at radius 1 is 1.17 bits per heavy atom. The van der Waals surface area contributed by atoms with Crippen LogP contribution >= 0.6 is 27.5 Å². The van der Waals surface area contributed by atoms with Crippen LogP contribution in [0.15, 0.2) is 63.5 Å². The van der Waals surface area contributed by atoms with Gasteiger partial charge < -0.3 is 14.5 Å². The van der Waals surface area contributed by atoms with Crippen molar-refractivity contribution in [2.24, 2.45) is 0 Å². The van der Waals surface area contributed by atoms with E-state index in [4.69, 9.17) is 20.8 Å². The second-order valence-corrected chi connectivity index (χ2v) is 8.20. The number of carbonyl (C=O) groups is 1. The second-order valence-electron chi connectivity index (χ2n) is 6.85. The van der Waals surface area contributed by atoms with Gasteiger partial charge in [-0.3, -0.25) is 4.79 Å². The van der Waals surface area contributed by atoms with Crippen molar-refractivity contribution >= 4 is 50.2 Å². The second kappa shape index (κ2) is 8.50. The lowest BCUT2D eigenvalue weighted by Crippen LogP contribution is -2.13. The number of amides is 1. The summed E-state index contributed by atoms with van der Waals surface area (Å²) in [6, 6.07) is 16.6. The fourth-order valence-corrected chi connectivity index (χ4v) is 3.97. The number of anilines is 1. The third kappa shape index (κ3) is 4.35. The third-order valence-electron chi connectivity index (χ3n) is 4.65. The minimum atomic E-state index is -0.263. The zero-order valence-corrected chi connectivity index (χ0v) is 18.7. The molecule has 7 heteroatoms. The highest BCUT2D eigenvalue weighted by molar-refractivity contribution is 9.10. The first-order valence-corrected chi connectivity index (χ1v) is 10.4. The van der Waals surface area contributed by atoms with Crippen molar-refractivity contribution in [3.8, 4) is 5.75 Å². The number of benzene rings is 3. The normalized spacial score (nSPS) is 10.9. The number of aryl methyl sites for hydroxylation is 1. The number of nitrogens with one attached hydrogen (secondary N) is 1. The summed E-state index contributed by atoms with van der Waals surface area (Å²) in [6.07, 6.45) is 0.558. The molecular weight excluding hydrogens is 468 g/mol. The molecule has 152 valence electrons. The number of halogens is 2. The number of oxazole rings is 1. The van der Waals surface area contributed by atoms with Gasteiger partial charge in [-0.1, -0.05) is 39.7 Å². The van der Waals surface area contributed by atoms with Crippen LogP contribution in [0.5, 0.6) is 5.75 Å². The highest BCUT2D eigenvalue weighted by atomic mass is 79.9. The van der Waals surface area contributed by atoms with Gasteiger partial charge in [0.2, 0.25) is 0 Å². The van der Waals surface area contributed by atoms with Crippen molar-refractivity contribution in [2.45, 2.75) is 13.3 Å². The lowest BCUT2D eigenvalue weighted by atomic mass is 10.1. The average molecular weight is 486 g/mol. The lowest BCUT2D eigenvalue weighted by Gasteiger charge is -2.12. The van der Waals surface area contributed by atoms with E-state index in [1.165, 1.54) is 0 Å². The smallest absolute Gasteiger partial charge is 0.259 e. The van der Waals surface area contributed by atoms with E-state index in [1.54, 1.807) is 31.4 Å². The molecule has 0 bridgehead atoms. The number of rotatable bonds is 5. The van der Waals surface area contributed by atoms with Crippen molar-refractivity contribution in [2.75, 3.05) is 12.4 Å². The monoisotopic (exact) mass is 484 g/mol. The Morgan fingerprint density at radius 2 is 1.93 bits per heavy atom. The van der Waals surface area contributed by atoms with Gasteiger partial charge in [0.1, 0.15) is 11.3 Å². The highest BCUT2D eigenvalue weighted by Crippen LogP contribution is 2.29. The zero-order valence-electron chi connectivity index (χ0n) is 16.3. The van der Waals surface area contributed by atoms with E-state index in [0.29, 0.717) is 45.4 Å². The maximum Gasteiger partial charge on any atom is 0.259 e. The molecule has 0 unspecified atom stereocenters. The van der Waals surface area contributed by atoms with Crippen LogP contribution in [0, 0.1) is 6.92 Å². The van der Waals surface area contributed by atoms with Gasteiger partial charge >= 0.3 is 0 Å². The van der Waals surface area contributed by atoms with Crippen molar-refractivity contribution in [3.05, 3.63) is 86.7 Å². The number of hydrogen-bond donors (Lipinski definition) is 1. The molecule has 0 saturated heterocycles. The molecule has 0 saturated carbocycles. The molecule has 4 aromatic rings. The topological polar surface area (TPSA) is 64.4 Å². The summed E-state index contributed by atoms with van der Waals surface area (Å²) in [5.74, 6) is 0.879. The Bertz CT molecular complexity index is 1240. The van der Waals surface area contributed by atoms with Gasteiger partial charge in [-0.2, -0.15) is 0 Å². The quantitative estimate of drug-likeness (QED) is 0.355. The van der Waals surface area contributed by atoms with E-state index in [-0.39, 0.29) is 5.91 Å². The fraction of sp³-hybridized carbons (Fsp3) is 0.130. The van der Waals surface area contributed by atoms with Crippen molar-refractivity contribution in [1.29, 1.82) is 0 Å². The van der Waals surface area contributed by atoms with Crippen LogP contribution in [0.2, 0.25) is 5.02 Å².